The van der Waals surface area contributed by atoms with Gasteiger partial charge in [-0.3, -0.25) is 0 Å². The zero-order valence-electron chi connectivity index (χ0n) is 8.07. The van der Waals surface area contributed by atoms with Crippen LogP contribution in [0, 0.1) is 5.82 Å². The van der Waals surface area contributed by atoms with Crippen molar-refractivity contribution in [1.82, 2.24) is 14.9 Å². The maximum Gasteiger partial charge on any atom is 0.127 e. The van der Waals surface area contributed by atoms with Crippen LogP contribution in [0.5, 0.6) is 0 Å². The van der Waals surface area contributed by atoms with Crippen LogP contribution < -0.4 is 5.32 Å². The third-order valence-electron chi connectivity index (χ3n) is 2.62. The highest BCUT2D eigenvalue weighted by Gasteiger charge is 2.13. The number of halogens is 1. The molecule has 1 N–H and O–H groups in total. The normalized spacial score (nSPS) is 14.2. The van der Waals surface area contributed by atoms with E-state index in [0.29, 0.717) is 13.1 Å². The Labute approximate surface area is 86.6 Å². The molecule has 4 heteroatoms. The summed E-state index contributed by atoms with van der Waals surface area (Å²) >= 11 is 0. The van der Waals surface area contributed by atoms with Crippen molar-refractivity contribution in [3.05, 3.63) is 47.8 Å². The van der Waals surface area contributed by atoms with Gasteiger partial charge in [-0.15, -0.1) is 0 Å². The van der Waals surface area contributed by atoms with Gasteiger partial charge < -0.3 is 9.88 Å². The standard InChI is InChI=1S/C11H10FN3/c12-9-1-2-10-8(5-9)6-13-7-11-14-3-4-15(10)11/h1-5,13H,6-7H2. The molecule has 1 aromatic carbocycles. The first kappa shape index (κ1) is 8.61. The van der Waals surface area contributed by atoms with Crippen LogP contribution >= 0.6 is 0 Å². The van der Waals surface area contributed by atoms with Crippen LogP contribution in [0.2, 0.25) is 0 Å². The van der Waals surface area contributed by atoms with Crippen molar-refractivity contribution in [3.63, 3.8) is 0 Å². The summed E-state index contributed by atoms with van der Waals surface area (Å²) in [6.07, 6.45) is 3.66. The van der Waals surface area contributed by atoms with Crippen LogP contribution in [0.3, 0.4) is 0 Å². The molecule has 0 saturated heterocycles. The maximum absolute atomic E-state index is 13.1. The predicted octanol–water partition coefficient (Wildman–Crippen LogP) is 1.61. The quantitative estimate of drug-likeness (QED) is 0.705. The summed E-state index contributed by atoms with van der Waals surface area (Å²) in [6, 6.07) is 4.84. The van der Waals surface area contributed by atoms with Crippen LogP contribution in [0.1, 0.15) is 11.4 Å². The molecule has 2 heterocycles. The second-order valence-corrected chi connectivity index (χ2v) is 3.59. The molecule has 0 fully saturated rings. The summed E-state index contributed by atoms with van der Waals surface area (Å²) in [5, 5.41) is 3.22. The van der Waals surface area contributed by atoms with Gasteiger partial charge in [0.2, 0.25) is 0 Å². The Morgan fingerprint density at radius 1 is 1.33 bits per heavy atom. The van der Waals surface area contributed by atoms with Gasteiger partial charge in [-0.1, -0.05) is 0 Å². The smallest absolute Gasteiger partial charge is 0.127 e. The molecule has 2 aromatic rings. The van der Waals surface area contributed by atoms with Gasteiger partial charge >= 0.3 is 0 Å². The Kier molecular flexibility index (Phi) is 1.82. The summed E-state index contributed by atoms with van der Waals surface area (Å²) in [5.41, 5.74) is 1.97. The van der Waals surface area contributed by atoms with Crippen molar-refractivity contribution in [1.29, 1.82) is 0 Å². The minimum atomic E-state index is -0.195. The van der Waals surface area contributed by atoms with E-state index in [1.54, 1.807) is 18.3 Å². The van der Waals surface area contributed by atoms with E-state index in [1.165, 1.54) is 6.07 Å². The number of nitrogens with zero attached hydrogens (tertiary/aromatic N) is 2. The first-order chi connectivity index (χ1) is 7.34. The molecular formula is C11H10FN3. The molecule has 0 radical (unpaired) electrons. The van der Waals surface area contributed by atoms with Gasteiger partial charge in [-0.05, 0) is 23.8 Å². The highest BCUT2D eigenvalue weighted by atomic mass is 19.1. The predicted molar refractivity (Wildman–Crippen MR) is 54.1 cm³/mol. The summed E-state index contributed by atoms with van der Waals surface area (Å²) in [7, 11) is 0. The summed E-state index contributed by atoms with van der Waals surface area (Å²) in [5.74, 6) is 0.763. The number of rotatable bonds is 0. The number of aromatic nitrogens is 2. The monoisotopic (exact) mass is 203 g/mol. The van der Waals surface area contributed by atoms with Crippen molar-refractivity contribution < 1.29 is 4.39 Å². The van der Waals surface area contributed by atoms with E-state index in [0.717, 1.165) is 17.1 Å². The Hall–Kier alpha value is -1.68. The van der Waals surface area contributed by atoms with Crippen LogP contribution in [0.25, 0.3) is 5.69 Å². The van der Waals surface area contributed by atoms with E-state index < -0.39 is 0 Å². The SMILES string of the molecule is Fc1ccc2c(c1)CNCc1nccn1-2. The fraction of sp³-hybridized carbons (Fsp3) is 0.182. The molecule has 3 rings (SSSR count). The lowest BCUT2D eigenvalue weighted by atomic mass is 10.1. The highest BCUT2D eigenvalue weighted by Crippen LogP contribution is 2.20. The van der Waals surface area contributed by atoms with E-state index in [1.807, 2.05) is 10.8 Å². The lowest BCUT2D eigenvalue weighted by Gasteiger charge is -2.07. The van der Waals surface area contributed by atoms with Gasteiger partial charge in [0.05, 0.1) is 12.2 Å². The average Bonchev–Trinajstić information content (AvgIpc) is 2.61. The second kappa shape index (κ2) is 3.17. The van der Waals surface area contributed by atoms with Crippen molar-refractivity contribution in [2.45, 2.75) is 13.1 Å². The van der Waals surface area contributed by atoms with E-state index in [-0.39, 0.29) is 5.82 Å². The molecule has 1 aliphatic heterocycles. The minimum absolute atomic E-state index is 0.195. The fourth-order valence-electron chi connectivity index (χ4n) is 1.92. The molecule has 76 valence electrons. The van der Waals surface area contributed by atoms with Crippen molar-refractivity contribution >= 4 is 0 Å². The molecule has 0 unspecified atom stereocenters. The van der Waals surface area contributed by atoms with Crippen molar-refractivity contribution in [2.75, 3.05) is 0 Å². The number of nitrogens with one attached hydrogen (secondary N) is 1. The zero-order chi connectivity index (χ0) is 10.3. The molecule has 1 aliphatic rings. The molecule has 0 amide bonds. The molecule has 0 atom stereocenters. The van der Waals surface area contributed by atoms with Gasteiger partial charge in [0.1, 0.15) is 11.6 Å². The van der Waals surface area contributed by atoms with Crippen molar-refractivity contribution in [2.24, 2.45) is 0 Å². The lowest BCUT2D eigenvalue weighted by Crippen LogP contribution is -2.11. The topological polar surface area (TPSA) is 29.9 Å². The third kappa shape index (κ3) is 1.34. The van der Waals surface area contributed by atoms with E-state index in [9.17, 15) is 4.39 Å². The first-order valence-electron chi connectivity index (χ1n) is 4.86. The molecule has 0 bridgehead atoms. The van der Waals surface area contributed by atoms with Crippen LogP contribution in [0.15, 0.2) is 30.6 Å². The number of hydrogen-bond acceptors (Lipinski definition) is 2. The number of benzene rings is 1. The molecular weight excluding hydrogens is 193 g/mol. The lowest BCUT2D eigenvalue weighted by molar-refractivity contribution is 0.621. The Morgan fingerprint density at radius 2 is 2.27 bits per heavy atom. The van der Waals surface area contributed by atoms with Gasteiger partial charge in [-0.2, -0.15) is 0 Å². The van der Waals surface area contributed by atoms with Gasteiger partial charge in [-0.25, -0.2) is 9.37 Å². The molecule has 3 nitrogen and oxygen atoms in total. The Bertz CT molecular complexity index is 504. The first-order valence-corrected chi connectivity index (χ1v) is 4.86. The third-order valence-corrected chi connectivity index (χ3v) is 2.62. The van der Waals surface area contributed by atoms with Crippen LogP contribution in [-0.4, -0.2) is 9.55 Å². The maximum atomic E-state index is 13.1. The Balaban J connectivity index is 2.25. The summed E-state index contributed by atoms with van der Waals surface area (Å²) in [6.45, 7) is 1.39. The van der Waals surface area contributed by atoms with E-state index >= 15 is 0 Å². The van der Waals surface area contributed by atoms with E-state index in [4.69, 9.17) is 0 Å². The molecule has 0 aliphatic carbocycles. The molecule has 15 heavy (non-hydrogen) atoms. The molecule has 0 saturated carbocycles. The van der Waals surface area contributed by atoms with Crippen LogP contribution in [0.4, 0.5) is 4.39 Å². The molecule has 0 spiro atoms. The molecule has 1 aromatic heterocycles. The summed E-state index contributed by atoms with van der Waals surface area (Å²) < 4.78 is 15.1. The number of hydrogen-bond donors (Lipinski definition) is 1. The Morgan fingerprint density at radius 3 is 3.20 bits per heavy atom. The number of fused-ring (bicyclic) bond motifs is 3. The summed E-state index contributed by atoms with van der Waals surface area (Å²) in [4.78, 5) is 4.24. The zero-order valence-corrected chi connectivity index (χ0v) is 8.07. The van der Waals surface area contributed by atoms with Crippen LogP contribution in [-0.2, 0) is 13.1 Å². The van der Waals surface area contributed by atoms with E-state index in [2.05, 4.69) is 10.3 Å². The van der Waals surface area contributed by atoms with Crippen molar-refractivity contribution in [3.8, 4) is 5.69 Å². The number of imidazole rings is 1. The average molecular weight is 203 g/mol. The largest absolute Gasteiger partial charge is 0.306 e. The highest BCUT2D eigenvalue weighted by molar-refractivity contribution is 5.43. The van der Waals surface area contributed by atoms with Gasteiger partial charge in [0, 0.05) is 18.9 Å². The van der Waals surface area contributed by atoms with Gasteiger partial charge in [0.25, 0.3) is 0 Å². The van der Waals surface area contributed by atoms with Gasteiger partial charge in [0.15, 0.2) is 0 Å². The minimum Gasteiger partial charge on any atom is -0.306 e. The fourth-order valence-corrected chi connectivity index (χ4v) is 1.92. The second-order valence-electron chi connectivity index (χ2n) is 3.59.